The smallest absolute Gasteiger partial charge is 0.268 e. The van der Waals surface area contributed by atoms with E-state index < -0.39 is 0 Å². The zero-order chi connectivity index (χ0) is 12.9. The summed E-state index contributed by atoms with van der Waals surface area (Å²) in [6.07, 6.45) is 1.97. The van der Waals surface area contributed by atoms with E-state index >= 15 is 0 Å². The molecule has 3 rings (SSSR count). The Hall–Kier alpha value is -0.810. The second-order valence-electron chi connectivity index (χ2n) is 5.53. The van der Waals surface area contributed by atoms with Gasteiger partial charge in [0.25, 0.3) is 5.91 Å². The summed E-state index contributed by atoms with van der Waals surface area (Å²) < 4.78 is 2.97. The van der Waals surface area contributed by atoms with Crippen molar-refractivity contribution in [1.29, 1.82) is 0 Å². The number of nitrogens with one attached hydrogen (secondary N) is 2. The molecule has 18 heavy (non-hydrogen) atoms. The summed E-state index contributed by atoms with van der Waals surface area (Å²) in [6.45, 7) is 6.26. The molecule has 2 heterocycles. The summed E-state index contributed by atoms with van der Waals surface area (Å²) in [5.74, 6) is 1.36. The number of nitrogens with zero attached hydrogens (tertiary/aromatic N) is 1. The average molecular weight is 312 g/mol. The fourth-order valence-electron chi connectivity index (χ4n) is 2.91. The van der Waals surface area contributed by atoms with Crippen LogP contribution in [0.25, 0.3) is 0 Å². The number of halogens is 1. The highest BCUT2D eigenvalue weighted by molar-refractivity contribution is 9.10. The lowest BCUT2D eigenvalue weighted by molar-refractivity contribution is 0.0936. The molecule has 1 aromatic heterocycles. The van der Waals surface area contributed by atoms with E-state index in [2.05, 4.69) is 40.4 Å². The van der Waals surface area contributed by atoms with E-state index in [1.54, 1.807) is 0 Å². The van der Waals surface area contributed by atoms with Crippen molar-refractivity contribution in [1.82, 2.24) is 15.2 Å². The standard InChI is InChI=1S/C13H18BrN3O/c1-7(2)17-6-8(14)3-11(17)13(18)16-12-9-4-15-5-10(9)12/h3,6-7,9-10,12,15H,4-5H2,1-2H3,(H,16,18). The third-order valence-electron chi connectivity index (χ3n) is 3.99. The van der Waals surface area contributed by atoms with Crippen LogP contribution in [0, 0.1) is 11.8 Å². The van der Waals surface area contributed by atoms with E-state index in [9.17, 15) is 4.79 Å². The van der Waals surface area contributed by atoms with Gasteiger partial charge in [0.1, 0.15) is 5.69 Å². The van der Waals surface area contributed by atoms with Crippen LogP contribution in [0.2, 0.25) is 0 Å². The summed E-state index contributed by atoms with van der Waals surface area (Å²) >= 11 is 3.44. The molecule has 0 aromatic carbocycles. The first-order valence-electron chi connectivity index (χ1n) is 6.47. The summed E-state index contributed by atoms with van der Waals surface area (Å²) in [7, 11) is 0. The molecule has 1 aromatic rings. The molecular weight excluding hydrogens is 294 g/mol. The molecule has 2 fully saturated rings. The van der Waals surface area contributed by atoms with Gasteiger partial charge in [0.15, 0.2) is 0 Å². The van der Waals surface area contributed by atoms with Crippen molar-refractivity contribution >= 4 is 21.8 Å². The molecule has 0 bridgehead atoms. The van der Waals surface area contributed by atoms with E-state index in [0.29, 0.717) is 17.9 Å². The molecule has 2 atom stereocenters. The third kappa shape index (κ3) is 1.99. The summed E-state index contributed by atoms with van der Waals surface area (Å²) in [6, 6.07) is 2.57. The minimum absolute atomic E-state index is 0.0498. The van der Waals surface area contributed by atoms with Crippen LogP contribution < -0.4 is 10.6 Å². The van der Waals surface area contributed by atoms with Gasteiger partial charge in [0, 0.05) is 35.8 Å². The van der Waals surface area contributed by atoms with Crippen molar-refractivity contribution in [3.05, 3.63) is 22.4 Å². The van der Waals surface area contributed by atoms with Gasteiger partial charge in [0.2, 0.25) is 0 Å². The molecule has 5 heteroatoms. The van der Waals surface area contributed by atoms with Gasteiger partial charge >= 0.3 is 0 Å². The predicted octanol–water partition coefficient (Wildman–Crippen LogP) is 1.78. The molecule has 2 N–H and O–H groups in total. The Labute approximate surface area is 115 Å². The molecule has 1 aliphatic carbocycles. The molecule has 1 amide bonds. The van der Waals surface area contributed by atoms with Crippen LogP contribution in [0.4, 0.5) is 0 Å². The van der Waals surface area contributed by atoms with E-state index in [1.807, 2.05) is 16.8 Å². The first-order chi connectivity index (χ1) is 8.58. The molecule has 0 spiro atoms. The van der Waals surface area contributed by atoms with Gasteiger partial charge in [-0.1, -0.05) is 0 Å². The lowest BCUT2D eigenvalue weighted by Gasteiger charge is -2.13. The number of rotatable bonds is 3. The zero-order valence-corrected chi connectivity index (χ0v) is 12.2. The SMILES string of the molecule is CC(C)n1cc(Br)cc1C(=O)NC1C2CNCC21. The van der Waals surface area contributed by atoms with Crippen LogP contribution in [0.15, 0.2) is 16.7 Å². The van der Waals surface area contributed by atoms with Crippen LogP contribution in [-0.4, -0.2) is 29.6 Å². The number of aromatic nitrogens is 1. The topological polar surface area (TPSA) is 46.1 Å². The number of piperidine rings is 1. The second-order valence-corrected chi connectivity index (χ2v) is 6.45. The third-order valence-corrected chi connectivity index (χ3v) is 4.43. The number of hydrogen-bond acceptors (Lipinski definition) is 2. The summed E-state index contributed by atoms with van der Waals surface area (Å²) in [5.41, 5.74) is 0.745. The first kappa shape index (κ1) is 12.2. The zero-order valence-electron chi connectivity index (χ0n) is 10.6. The van der Waals surface area contributed by atoms with E-state index in [-0.39, 0.29) is 11.9 Å². The molecule has 1 saturated carbocycles. The molecule has 0 radical (unpaired) electrons. The van der Waals surface area contributed by atoms with Gasteiger partial charge in [-0.05, 0) is 47.7 Å². The molecular formula is C13H18BrN3O. The van der Waals surface area contributed by atoms with E-state index in [1.165, 1.54) is 0 Å². The number of fused-ring (bicyclic) bond motifs is 1. The maximum Gasteiger partial charge on any atom is 0.268 e. The largest absolute Gasteiger partial charge is 0.347 e. The molecule has 98 valence electrons. The number of amides is 1. The van der Waals surface area contributed by atoms with Gasteiger partial charge in [-0.15, -0.1) is 0 Å². The van der Waals surface area contributed by atoms with Crippen molar-refractivity contribution < 1.29 is 4.79 Å². The van der Waals surface area contributed by atoms with Gasteiger partial charge in [0.05, 0.1) is 0 Å². The van der Waals surface area contributed by atoms with Crippen LogP contribution in [0.1, 0.15) is 30.4 Å². The fourth-order valence-corrected chi connectivity index (χ4v) is 3.35. The van der Waals surface area contributed by atoms with Crippen molar-refractivity contribution in [3.8, 4) is 0 Å². The quantitative estimate of drug-likeness (QED) is 0.894. The van der Waals surface area contributed by atoms with Crippen molar-refractivity contribution in [3.63, 3.8) is 0 Å². The monoisotopic (exact) mass is 311 g/mol. The van der Waals surface area contributed by atoms with Crippen molar-refractivity contribution in [2.45, 2.75) is 25.9 Å². The van der Waals surface area contributed by atoms with Gasteiger partial charge in [-0.3, -0.25) is 4.79 Å². The van der Waals surface area contributed by atoms with Gasteiger partial charge in [-0.2, -0.15) is 0 Å². The fraction of sp³-hybridized carbons (Fsp3) is 0.615. The Balaban J connectivity index is 1.72. The maximum absolute atomic E-state index is 12.3. The van der Waals surface area contributed by atoms with Crippen LogP contribution in [0.5, 0.6) is 0 Å². The van der Waals surface area contributed by atoms with Crippen LogP contribution in [-0.2, 0) is 0 Å². The van der Waals surface area contributed by atoms with Crippen LogP contribution >= 0.6 is 15.9 Å². The van der Waals surface area contributed by atoms with Gasteiger partial charge < -0.3 is 15.2 Å². The molecule has 2 aliphatic rings. The van der Waals surface area contributed by atoms with E-state index in [4.69, 9.17) is 0 Å². The Kier molecular flexibility index (Phi) is 2.98. The lowest BCUT2D eigenvalue weighted by Crippen LogP contribution is -2.33. The van der Waals surface area contributed by atoms with Crippen molar-refractivity contribution in [2.75, 3.05) is 13.1 Å². The number of carbonyl (C=O) groups is 1. The average Bonchev–Trinajstić information content (AvgIpc) is 2.74. The Morgan fingerprint density at radius 3 is 2.78 bits per heavy atom. The number of carbonyl (C=O) groups excluding carboxylic acids is 1. The summed E-state index contributed by atoms with van der Waals surface area (Å²) in [5, 5.41) is 6.49. The van der Waals surface area contributed by atoms with Crippen molar-refractivity contribution in [2.24, 2.45) is 11.8 Å². The second kappa shape index (κ2) is 4.38. The predicted molar refractivity (Wildman–Crippen MR) is 73.6 cm³/mol. The van der Waals surface area contributed by atoms with E-state index in [0.717, 1.165) is 23.3 Å². The molecule has 1 saturated heterocycles. The first-order valence-corrected chi connectivity index (χ1v) is 7.26. The molecule has 1 aliphatic heterocycles. The number of hydrogen-bond donors (Lipinski definition) is 2. The minimum atomic E-state index is 0.0498. The normalized spacial score (nSPS) is 29.4. The van der Waals surface area contributed by atoms with Gasteiger partial charge in [-0.25, -0.2) is 0 Å². The highest BCUT2D eigenvalue weighted by atomic mass is 79.9. The highest BCUT2D eigenvalue weighted by Crippen LogP contribution is 2.41. The van der Waals surface area contributed by atoms with Crippen LogP contribution in [0.3, 0.4) is 0 Å². The summed E-state index contributed by atoms with van der Waals surface area (Å²) in [4.78, 5) is 12.3. The molecule has 2 unspecified atom stereocenters. The Morgan fingerprint density at radius 2 is 2.17 bits per heavy atom. The molecule has 4 nitrogen and oxygen atoms in total. The maximum atomic E-state index is 12.3. The Bertz CT molecular complexity index is 473. The minimum Gasteiger partial charge on any atom is -0.347 e. The lowest BCUT2D eigenvalue weighted by atomic mass is 10.3. The Morgan fingerprint density at radius 1 is 1.50 bits per heavy atom. The highest BCUT2D eigenvalue weighted by Gasteiger charge is 2.53.